The highest BCUT2D eigenvalue weighted by Crippen LogP contribution is 2.01. The second kappa shape index (κ2) is 5.81. The summed E-state index contributed by atoms with van der Waals surface area (Å²) in [6, 6.07) is 10.3. The maximum absolute atomic E-state index is 5.69. The first kappa shape index (κ1) is 11.2. The van der Waals surface area contributed by atoms with E-state index in [1.54, 1.807) is 6.08 Å². The second-order valence-corrected chi connectivity index (χ2v) is 2.59. The lowest BCUT2D eigenvalue weighted by Crippen LogP contribution is -2.19. The molecule has 0 aliphatic heterocycles. The van der Waals surface area contributed by atoms with Crippen molar-refractivity contribution in [2.45, 2.75) is 12.5 Å². The van der Waals surface area contributed by atoms with Gasteiger partial charge in [-0.3, -0.25) is 0 Å². The summed E-state index contributed by atoms with van der Waals surface area (Å²) < 4.78 is 0. The Balaban J connectivity index is 0.00000121. The molecule has 0 aliphatic rings. The third-order valence-corrected chi connectivity index (χ3v) is 1.62. The van der Waals surface area contributed by atoms with Crippen molar-refractivity contribution in [2.75, 3.05) is 0 Å². The average molecular weight is 184 g/mol. The maximum Gasteiger partial charge on any atom is 0.0262 e. The van der Waals surface area contributed by atoms with Crippen LogP contribution in [0.25, 0.3) is 0 Å². The molecule has 1 rings (SSSR count). The van der Waals surface area contributed by atoms with E-state index >= 15 is 0 Å². The van der Waals surface area contributed by atoms with Gasteiger partial charge < -0.3 is 5.73 Å². The predicted octanol–water partition coefficient (Wildman–Crippen LogP) is 2.16. The lowest BCUT2D eigenvalue weighted by molar-refractivity contribution is 0.812. The molecule has 0 aromatic heterocycles. The van der Waals surface area contributed by atoms with Gasteiger partial charge >= 0.3 is 0 Å². The second-order valence-electron chi connectivity index (χ2n) is 2.59. The van der Waals surface area contributed by atoms with E-state index in [0.29, 0.717) is 0 Å². The van der Waals surface area contributed by atoms with Gasteiger partial charge in [0.05, 0.1) is 0 Å². The van der Waals surface area contributed by atoms with Gasteiger partial charge in [0.15, 0.2) is 0 Å². The number of hydrogen-bond acceptors (Lipinski definition) is 1. The minimum atomic E-state index is 0. The van der Waals surface area contributed by atoms with E-state index in [1.807, 2.05) is 18.2 Å². The minimum Gasteiger partial charge on any atom is -0.324 e. The number of benzene rings is 1. The molecular weight excluding hydrogens is 170 g/mol. The number of halogens is 1. The van der Waals surface area contributed by atoms with Crippen LogP contribution >= 0.6 is 12.4 Å². The highest BCUT2D eigenvalue weighted by Gasteiger charge is 1.96. The van der Waals surface area contributed by atoms with Crippen molar-refractivity contribution < 1.29 is 0 Å². The molecule has 2 N–H and O–H groups in total. The predicted molar refractivity (Wildman–Crippen MR) is 55.6 cm³/mol. The summed E-state index contributed by atoms with van der Waals surface area (Å²) in [7, 11) is 0. The molecule has 1 nitrogen and oxygen atoms in total. The Morgan fingerprint density at radius 3 is 2.42 bits per heavy atom. The lowest BCUT2D eigenvalue weighted by atomic mass is 10.1. The van der Waals surface area contributed by atoms with Gasteiger partial charge in [-0.25, -0.2) is 0 Å². The van der Waals surface area contributed by atoms with E-state index in [9.17, 15) is 0 Å². The zero-order valence-electron chi connectivity index (χ0n) is 6.94. The zero-order valence-corrected chi connectivity index (χ0v) is 7.76. The Hall–Kier alpha value is -0.790. The van der Waals surface area contributed by atoms with Crippen molar-refractivity contribution in [1.82, 2.24) is 0 Å². The van der Waals surface area contributed by atoms with Crippen LogP contribution in [0, 0.1) is 0 Å². The van der Waals surface area contributed by atoms with Crippen LogP contribution in [0.4, 0.5) is 0 Å². The van der Waals surface area contributed by atoms with Crippen LogP contribution in [0.15, 0.2) is 43.0 Å². The fraction of sp³-hybridized carbons (Fsp3) is 0.200. The third kappa shape index (κ3) is 3.56. The van der Waals surface area contributed by atoms with E-state index in [-0.39, 0.29) is 18.4 Å². The molecule has 0 saturated carbocycles. The van der Waals surface area contributed by atoms with Crippen molar-refractivity contribution in [2.24, 2.45) is 5.73 Å². The van der Waals surface area contributed by atoms with Crippen LogP contribution in [0.1, 0.15) is 5.56 Å². The standard InChI is InChI=1S/C10H13N.ClH/c1-2-10(11)8-9-6-4-3-5-7-9;/h2-7,10H,1,8,11H2;1H. The Morgan fingerprint density at radius 2 is 1.92 bits per heavy atom. The third-order valence-electron chi connectivity index (χ3n) is 1.62. The van der Waals surface area contributed by atoms with Crippen LogP contribution in [-0.4, -0.2) is 6.04 Å². The Bertz CT molecular complexity index is 221. The van der Waals surface area contributed by atoms with E-state index < -0.39 is 0 Å². The monoisotopic (exact) mass is 183 g/mol. The highest BCUT2D eigenvalue weighted by molar-refractivity contribution is 5.85. The van der Waals surface area contributed by atoms with Gasteiger partial charge in [-0.2, -0.15) is 0 Å². The molecular formula is C10H14ClN. The van der Waals surface area contributed by atoms with Crippen molar-refractivity contribution in [1.29, 1.82) is 0 Å². The van der Waals surface area contributed by atoms with E-state index in [4.69, 9.17) is 5.73 Å². The zero-order chi connectivity index (χ0) is 8.10. The van der Waals surface area contributed by atoms with Gasteiger partial charge in [0.25, 0.3) is 0 Å². The van der Waals surface area contributed by atoms with Crippen LogP contribution < -0.4 is 5.73 Å². The summed E-state index contributed by atoms with van der Waals surface area (Å²) in [4.78, 5) is 0. The fourth-order valence-corrected chi connectivity index (χ4v) is 0.970. The molecule has 1 aromatic carbocycles. The molecule has 0 fully saturated rings. The maximum atomic E-state index is 5.69. The first-order valence-corrected chi connectivity index (χ1v) is 3.75. The first-order chi connectivity index (χ1) is 5.33. The molecule has 0 spiro atoms. The molecule has 1 unspecified atom stereocenters. The van der Waals surface area contributed by atoms with E-state index in [2.05, 4.69) is 18.7 Å². The summed E-state index contributed by atoms with van der Waals surface area (Å²) in [5.74, 6) is 0. The van der Waals surface area contributed by atoms with Crippen molar-refractivity contribution in [3.63, 3.8) is 0 Å². The number of nitrogens with two attached hydrogens (primary N) is 1. The molecule has 0 heterocycles. The quantitative estimate of drug-likeness (QED) is 0.715. The van der Waals surface area contributed by atoms with Crippen molar-refractivity contribution >= 4 is 12.4 Å². The van der Waals surface area contributed by atoms with Crippen molar-refractivity contribution in [3.05, 3.63) is 48.6 Å². The fourth-order valence-electron chi connectivity index (χ4n) is 0.970. The summed E-state index contributed by atoms with van der Waals surface area (Å²) in [6.07, 6.45) is 2.65. The summed E-state index contributed by atoms with van der Waals surface area (Å²) in [5.41, 5.74) is 6.95. The van der Waals surface area contributed by atoms with Crippen LogP contribution in [0.2, 0.25) is 0 Å². The molecule has 12 heavy (non-hydrogen) atoms. The van der Waals surface area contributed by atoms with Gasteiger partial charge in [0.2, 0.25) is 0 Å². The van der Waals surface area contributed by atoms with Gasteiger partial charge in [0.1, 0.15) is 0 Å². The van der Waals surface area contributed by atoms with Crippen LogP contribution in [0.5, 0.6) is 0 Å². The van der Waals surface area contributed by atoms with E-state index in [0.717, 1.165) is 6.42 Å². The van der Waals surface area contributed by atoms with Crippen molar-refractivity contribution in [3.8, 4) is 0 Å². The summed E-state index contributed by atoms with van der Waals surface area (Å²) >= 11 is 0. The molecule has 0 amide bonds. The molecule has 2 heteroatoms. The van der Waals surface area contributed by atoms with Gasteiger partial charge in [-0.15, -0.1) is 19.0 Å². The van der Waals surface area contributed by atoms with Crippen LogP contribution in [-0.2, 0) is 6.42 Å². The molecule has 0 aliphatic carbocycles. The number of hydrogen-bond donors (Lipinski definition) is 1. The largest absolute Gasteiger partial charge is 0.324 e. The molecule has 0 bridgehead atoms. The van der Waals surface area contributed by atoms with Gasteiger partial charge in [-0.1, -0.05) is 36.4 Å². The smallest absolute Gasteiger partial charge is 0.0262 e. The van der Waals surface area contributed by atoms with Gasteiger partial charge in [0, 0.05) is 6.04 Å². The SMILES string of the molecule is C=CC(N)Cc1ccccc1.Cl. The molecule has 0 saturated heterocycles. The Labute approximate surface area is 79.7 Å². The first-order valence-electron chi connectivity index (χ1n) is 3.75. The molecule has 1 atom stereocenters. The van der Waals surface area contributed by atoms with E-state index in [1.165, 1.54) is 5.56 Å². The highest BCUT2D eigenvalue weighted by atomic mass is 35.5. The normalized spacial score (nSPS) is 11.4. The Morgan fingerprint density at radius 1 is 1.33 bits per heavy atom. The summed E-state index contributed by atoms with van der Waals surface area (Å²) in [5, 5.41) is 0. The Kier molecular flexibility index (Phi) is 5.43. The van der Waals surface area contributed by atoms with Gasteiger partial charge in [-0.05, 0) is 12.0 Å². The minimum absolute atomic E-state index is 0. The summed E-state index contributed by atoms with van der Waals surface area (Å²) in [6.45, 7) is 3.63. The average Bonchev–Trinajstić information content (AvgIpc) is 2.06. The molecule has 66 valence electrons. The topological polar surface area (TPSA) is 26.0 Å². The molecule has 0 radical (unpaired) electrons. The lowest BCUT2D eigenvalue weighted by Gasteiger charge is -2.04. The molecule has 1 aromatic rings. The number of rotatable bonds is 3. The van der Waals surface area contributed by atoms with Crippen LogP contribution in [0.3, 0.4) is 0 Å².